The lowest BCUT2D eigenvalue weighted by molar-refractivity contribution is 0.403. The Balaban J connectivity index is 2.04. The molecule has 0 aliphatic rings. The second kappa shape index (κ2) is 4.33. The van der Waals surface area contributed by atoms with E-state index in [9.17, 15) is 5.11 Å². The molecular weight excluding hydrogens is 228 g/mol. The summed E-state index contributed by atoms with van der Waals surface area (Å²) >= 11 is 0. The van der Waals surface area contributed by atoms with Crippen molar-refractivity contribution in [2.75, 3.05) is 0 Å². The molecule has 0 saturated carbocycles. The first-order valence-corrected chi connectivity index (χ1v) is 5.48. The van der Waals surface area contributed by atoms with Crippen molar-refractivity contribution in [3.8, 4) is 17.4 Å². The summed E-state index contributed by atoms with van der Waals surface area (Å²) in [6.45, 7) is 0. The number of aromatic hydroxyl groups is 1. The van der Waals surface area contributed by atoms with Crippen LogP contribution in [-0.2, 0) is 0 Å². The van der Waals surface area contributed by atoms with Gasteiger partial charge in [-0.15, -0.1) is 0 Å². The predicted molar refractivity (Wildman–Crippen MR) is 67.7 cm³/mol. The molecule has 0 aliphatic carbocycles. The molecule has 1 N–H and O–H groups in total. The van der Waals surface area contributed by atoms with Crippen LogP contribution in [0.1, 0.15) is 0 Å². The van der Waals surface area contributed by atoms with E-state index in [0.29, 0.717) is 11.6 Å². The molecule has 0 bridgehead atoms. The van der Waals surface area contributed by atoms with Crippen LogP contribution < -0.4 is 4.74 Å². The van der Waals surface area contributed by atoms with Gasteiger partial charge in [-0.1, -0.05) is 24.3 Å². The number of hydrogen-bond donors (Lipinski definition) is 1. The number of phenols is 1. The maximum absolute atomic E-state index is 9.90. The van der Waals surface area contributed by atoms with Gasteiger partial charge in [-0.3, -0.25) is 0 Å². The highest BCUT2D eigenvalue weighted by Gasteiger charge is 2.06. The van der Waals surface area contributed by atoms with E-state index < -0.39 is 0 Å². The molecule has 1 aromatic heterocycles. The van der Waals surface area contributed by atoms with Crippen molar-refractivity contribution in [3.63, 3.8) is 0 Å². The number of hydrogen-bond acceptors (Lipinski definition) is 4. The summed E-state index contributed by atoms with van der Waals surface area (Å²) in [6.07, 6.45) is 2.98. The minimum atomic E-state index is 0.0901. The zero-order chi connectivity index (χ0) is 12.4. The number of benzene rings is 2. The van der Waals surface area contributed by atoms with Crippen LogP contribution in [0.15, 0.2) is 55.0 Å². The number of ether oxygens (including phenoxy) is 1. The van der Waals surface area contributed by atoms with Gasteiger partial charge in [0.2, 0.25) is 5.88 Å². The number of aromatic nitrogens is 2. The summed E-state index contributed by atoms with van der Waals surface area (Å²) < 4.78 is 5.52. The smallest absolute Gasteiger partial charge is 0.222 e. The van der Waals surface area contributed by atoms with Crippen LogP contribution in [-0.4, -0.2) is 15.1 Å². The molecule has 4 heteroatoms. The number of rotatable bonds is 2. The molecule has 4 nitrogen and oxygen atoms in total. The Morgan fingerprint density at radius 3 is 2.50 bits per heavy atom. The summed E-state index contributed by atoms with van der Waals surface area (Å²) in [6, 6.07) is 12.8. The van der Waals surface area contributed by atoms with Gasteiger partial charge in [0, 0.05) is 12.3 Å². The molecule has 1 heterocycles. The van der Waals surface area contributed by atoms with Gasteiger partial charge in [-0.25, -0.2) is 9.97 Å². The van der Waals surface area contributed by atoms with Gasteiger partial charge < -0.3 is 9.84 Å². The van der Waals surface area contributed by atoms with Crippen LogP contribution in [0.5, 0.6) is 17.4 Å². The van der Waals surface area contributed by atoms with Crippen LogP contribution in [0.2, 0.25) is 0 Å². The third-order valence-corrected chi connectivity index (χ3v) is 2.60. The lowest BCUT2D eigenvalue weighted by Gasteiger charge is -2.07. The molecule has 2 aromatic carbocycles. The third-order valence-electron chi connectivity index (χ3n) is 2.60. The normalized spacial score (nSPS) is 10.4. The lowest BCUT2D eigenvalue weighted by Crippen LogP contribution is -1.88. The van der Waals surface area contributed by atoms with Gasteiger partial charge in [0.1, 0.15) is 6.33 Å². The molecule has 3 aromatic rings. The molecule has 0 radical (unpaired) electrons. The summed E-state index contributed by atoms with van der Waals surface area (Å²) in [4.78, 5) is 7.76. The molecule has 0 unspecified atom stereocenters. The van der Waals surface area contributed by atoms with E-state index in [2.05, 4.69) is 9.97 Å². The summed E-state index contributed by atoms with van der Waals surface area (Å²) in [5, 5.41) is 11.9. The monoisotopic (exact) mass is 238 g/mol. The Labute approximate surface area is 104 Å². The van der Waals surface area contributed by atoms with Crippen LogP contribution in [0.3, 0.4) is 0 Å². The zero-order valence-electron chi connectivity index (χ0n) is 9.45. The van der Waals surface area contributed by atoms with Gasteiger partial charge in [0.15, 0.2) is 11.5 Å². The summed E-state index contributed by atoms with van der Waals surface area (Å²) in [5.41, 5.74) is 0. The van der Waals surface area contributed by atoms with E-state index >= 15 is 0 Å². The molecular formula is C14H10N2O2. The van der Waals surface area contributed by atoms with Crippen LogP contribution in [0.4, 0.5) is 0 Å². The first kappa shape index (κ1) is 10.5. The first-order chi connectivity index (χ1) is 8.83. The van der Waals surface area contributed by atoms with Crippen molar-refractivity contribution in [1.82, 2.24) is 9.97 Å². The zero-order valence-corrected chi connectivity index (χ0v) is 9.45. The fourth-order valence-corrected chi connectivity index (χ4v) is 1.74. The van der Waals surface area contributed by atoms with E-state index in [-0.39, 0.29) is 5.75 Å². The Bertz CT molecular complexity index is 684. The van der Waals surface area contributed by atoms with E-state index in [4.69, 9.17) is 4.74 Å². The summed E-state index contributed by atoms with van der Waals surface area (Å²) in [7, 11) is 0. The number of nitrogens with zero attached hydrogens (tertiary/aromatic N) is 2. The number of fused-ring (bicyclic) bond motifs is 1. The molecule has 0 amide bonds. The van der Waals surface area contributed by atoms with Crippen molar-refractivity contribution >= 4 is 10.8 Å². The largest absolute Gasteiger partial charge is 0.504 e. The molecule has 0 spiro atoms. The highest BCUT2D eigenvalue weighted by molar-refractivity contribution is 5.85. The standard InChI is InChI=1S/C14H10N2O2/c17-12-7-10-3-1-2-4-11(10)8-13(12)18-14-5-6-15-9-16-14/h1-9,17H. The maximum Gasteiger partial charge on any atom is 0.222 e. The molecule has 0 atom stereocenters. The van der Waals surface area contributed by atoms with Gasteiger partial charge >= 0.3 is 0 Å². The fraction of sp³-hybridized carbons (Fsp3) is 0. The molecule has 0 aliphatic heterocycles. The SMILES string of the molecule is Oc1cc2ccccc2cc1Oc1ccncn1. The highest BCUT2D eigenvalue weighted by atomic mass is 16.5. The Kier molecular flexibility index (Phi) is 2.53. The van der Waals surface area contributed by atoms with Crippen molar-refractivity contribution in [3.05, 3.63) is 55.0 Å². The second-order valence-electron chi connectivity index (χ2n) is 3.82. The fourth-order valence-electron chi connectivity index (χ4n) is 1.74. The van der Waals surface area contributed by atoms with Crippen LogP contribution >= 0.6 is 0 Å². The topological polar surface area (TPSA) is 55.2 Å². The van der Waals surface area contributed by atoms with Crippen LogP contribution in [0, 0.1) is 0 Å². The van der Waals surface area contributed by atoms with Crippen molar-refractivity contribution in [1.29, 1.82) is 0 Å². The van der Waals surface area contributed by atoms with E-state index in [1.165, 1.54) is 6.33 Å². The predicted octanol–water partition coefficient (Wildman–Crippen LogP) is 3.13. The Morgan fingerprint density at radius 1 is 1.00 bits per heavy atom. The second-order valence-corrected chi connectivity index (χ2v) is 3.82. The minimum Gasteiger partial charge on any atom is -0.504 e. The highest BCUT2D eigenvalue weighted by Crippen LogP contribution is 2.33. The quantitative estimate of drug-likeness (QED) is 0.745. The molecule has 3 rings (SSSR count). The average molecular weight is 238 g/mol. The van der Waals surface area contributed by atoms with Gasteiger partial charge in [0.25, 0.3) is 0 Å². The van der Waals surface area contributed by atoms with Crippen molar-refractivity contribution < 1.29 is 9.84 Å². The molecule has 0 fully saturated rings. The number of phenolic OH excluding ortho intramolecular Hbond substituents is 1. The first-order valence-electron chi connectivity index (χ1n) is 5.48. The van der Waals surface area contributed by atoms with Crippen LogP contribution in [0.25, 0.3) is 10.8 Å². The molecule has 88 valence electrons. The van der Waals surface area contributed by atoms with Crippen molar-refractivity contribution in [2.45, 2.75) is 0 Å². The van der Waals surface area contributed by atoms with Gasteiger partial charge in [-0.05, 0) is 22.9 Å². The Morgan fingerprint density at radius 2 is 1.78 bits per heavy atom. The van der Waals surface area contributed by atoms with E-state index in [1.54, 1.807) is 24.4 Å². The van der Waals surface area contributed by atoms with Crippen molar-refractivity contribution in [2.24, 2.45) is 0 Å². The maximum atomic E-state index is 9.90. The van der Waals surface area contributed by atoms with E-state index in [1.807, 2.05) is 24.3 Å². The van der Waals surface area contributed by atoms with Gasteiger partial charge in [-0.2, -0.15) is 0 Å². The summed E-state index contributed by atoms with van der Waals surface area (Å²) in [5.74, 6) is 0.871. The van der Waals surface area contributed by atoms with E-state index in [0.717, 1.165) is 10.8 Å². The molecule has 18 heavy (non-hydrogen) atoms. The third kappa shape index (κ3) is 1.96. The minimum absolute atomic E-state index is 0.0901. The van der Waals surface area contributed by atoms with Gasteiger partial charge in [0.05, 0.1) is 0 Å². The lowest BCUT2D eigenvalue weighted by atomic mass is 10.1. The molecule has 0 saturated heterocycles. The average Bonchev–Trinajstić information content (AvgIpc) is 2.41. The Hall–Kier alpha value is -2.62.